The van der Waals surface area contributed by atoms with Gasteiger partial charge in [0.05, 0.1) is 7.11 Å². The summed E-state index contributed by atoms with van der Waals surface area (Å²) in [7, 11) is -0.368. The van der Waals surface area contributed by atoms with Gasteiger partial charge in [-0.05, 0) is 56.2 Å². The molecule has 0 fully saturated rings. The molecule has 0 aliphatic heterocycles. The van der Waals surface area contributed by atoms with Crippen molar-refractivity contribution in [1.29, 1.82) is 0 Å². The largest absolute Gasteiger partial charge is 0.544 e. The third kappa shape index (κ3) is 4.65. The van der Waals surface area contributed by atoms with E-state index in [4.69, 9.17) is 14.9 Å². The van der Waals surface area contributed by atoms with Crippen molar-refractivity contribution in [3.05, 3.63) is 28.8 Å². The van der Waals surface area contributed by atoms with Crippen LogP contribution in [0.25, 0.3) is 0 Å². The van der Waals surface area contributed by atoms with Crippen LogP contribution >= 0.6 is 0 Å². The fourth-order valence-electron chi connectivity index (χ4n) is 2.10. The van der Waals surface area contributed by atoms with Crippen molar-refractivity contribution >= 4 is 14.3 Å². The zero-order chi connectivity index (χ0) is 15.5. The molecule has 0 aromatic heterocycles. The van der Waals surface area contributed by atoms with Gasteiger partial charge in [0.25, 0.3) is 0 Å². The van der Waals surface area contributed by atoms with E-state index in [9.17, 15) is 4.79 Å². The van der Waals surface area contributed by atoms with E-state index in [-0.39, 0.29) is 0 Å². The predicted octanol–water partition coefficient (Wildman–Crippen LogP) is 2.56. The maximum atomic E-state index is 11.5. The minimum Gasteiger partial charge on any atom is -0.544 e. The Morgan fingerprint density at radius 3 is 2.40 bits per heavy atom. The molecule has 2 N–H and O–H groups in total. The second-order valence-electron chi connectivity index (χ2n) is 6.11. The number of nitrogens with two attached hydrogens (primary N) is 1. The molecule has 1 rings (SSSR count). The van der Waals surface area contributed by atoms with Crippen molar-refractivity contribution in [2.75, 3.05) is 7.11 Å². The van der Waals surface area contributed by atoms with Crippen molar-refractivity contribution in [3.63, 3.8) is 0 Å². The Kier molecular flexibility index (Phi) is 5.36. The summed E-state index contributed by atoms with van der Waals surface area (Å²) in [4.78, 5) is 11.5. The van der Waals surface area contributed by atoms with Crippen molar-refractivity contribution < 1.29 is 14.0 Å². The van der Waals surface area contributed by atoms with Crippen LogP contribution in [0.2, 0.25) is 19.6 Å². The Balaban J connectivity index is 3.13. The molecule has 0 aliphatic carbocycles. The molecule has 0 spiro atoms. The molecule has 112 valence electrons. The van der Waals surface area contributed by atoms with E-state index in [1.54, 1.807) is 0 Å². The smallest absolute Gasteiger partial charge is 0.322 e. The van der Waals surface area contributed by atoms with Crippen LogP contribution in [0.1, 0.15) is 16.7 Å². The van der Waals surface area contributed by atoms with Crippen LogP contribution in [0.3, 0.4) is 0 Å². The van der Waals surface area contributed by atoms with E-state index < -0.39 is 20.3 Å². The molecule has 20 heavy (non-hydrogen) atoms. The highest BCUT2D eigenvalue weighted by Crippen LogP contribution is 2.28. The van der Waals surface area contributed by atoms with Crippen LogP contribution in [-0.2, 0) is 16.0 Å². The Morgan fingerprint density at radius 1 is 1.30 bits per heavy atom. The third-order valence-electron chi connectivity index (χ3n) is 2.92. The summed E-state index contributed by atoms with van der Waals surface area (Å²) in [5.74, 6) is 0.449. The van der Waals surface area contributed by atoms with Crippen LogP contribution in [0.4, 0.5) is 0 Å². The van der Waals surface area contributed by atoms with Gasteiger partial charge in [0.2, 0.25) is 8.32 Å². The topological polar surface area (TPSA) is 61.5 Å². The monoisotopic (exact) mass is 295 g/mol. The highest BCUT2D eigenvalue weighted by atomic mass is 28.4. The van der Waals surface area contributed by atoms with Crippen molar-refractivity contribution in [3.8, 4) is 5.75 Å². The molecule has 0 aliphatic rings. The van der Waals surface area contributed by atoms with Crippen LogP contribution in [0, 0.1) is 13.8 Å². The lowest BCUT2D eigenvalue weighted by molar-refractivity contribution is -0.142. The van der Waals surface area contributed by atoms with E-state index >= 15 is 0 Å². The van der Waals surface area contributed by atoms with Crippen LogP contribution in [0.5, 0.6) is 5.75 Å². The van der Waals surface area contributed by atoms with Crippen molar-refractivity contribution in [2.24, 2.45) is 5.73 Å². The van der Waals surface area contributed by atoms with Gasteiger partial charge in [0.15, 0.2) is 0 Å². The number of aryl methyl sites for hydroxylation is 2. The normalized spacial score (nSPS) is 12.9. The van der Waals surface area contributed by atoms with Crippen LogP contribution in [-0.4, -0.2) is 27.4 Å². The summed E-state index contributed by atoms with van der Waals surface area (Å²) >= 11 is 0. The first-order chi connectivity index (χ1) is 9.14. The lowest BCUT2D eigenvalue weighted by atomic mass is 9.98. The molecule has 4 nitrogen and oxygen atoms in total. The number of hydrogen-bond acceptors (Lipinski definition) is 4. The fraction of sp³-hybridized carbons (Fsp3) is 0.533. The first-order valence-electron chi connectivity index (χ1n) is 6.76. The Labute approximate surface area is 122 Å². The van der Waals surface area contributed by atoms with Gasteiger partial charge >= 0.3 is 5.97 Å². The molecule has 0 amide bonds. The molecule has 1 aromatic rings. The molecule has 5 heteroatoms. The molecule has 0 radical (unpaired) electrons. The predicted molar refractivity (Wildman–Crippen MR) is 83.6 cm³/mol. The van der Waals surface area contributed by atoms with Gasteiger partial charge in [-0.15, -0.1) is 0 Å². The van der Waals surface area contributed by atoms with Gasteiger partial charge in [-0.2, -0.15) is 0 Å². The Hall–Kier alpha value is -1.33. The van der Waals surface area contributed by atoms with E-state index in [2.05, 4.69) is 25.7 Å². The third-order valence-corrected chi connectivity index (χ3v) is 3.75. The van der Waals surface area contributed by atoms with Crippen LogP contribution in [0.15, 0.2) is 12.1 Å². The van der Waals surface area contributed by atoms with Gasteiger partial charge < -0.3 is 14.9 Å². The standard InChI is InChI=1S/C15H25NO3Si/c1-10-7-11(2)12(9-13(16)15(17)18-3)14(8-10)19-20(4,5)6/h7-8,13H,9,16H2,1-6H3. The maximum absolute atomic E-state index is 11.5. The summed E-state index contributed by atoms with van der Waals surface area (Å²) in [6.07, 6.45) is 0.429. The minimum atomic E-state index is -1.72. The van der Waals surface area contributed by atoms with Gasteiger partial charge in [-0.25, -0.2) is 0 Å². The van der Waals surface area contributed by atoms with Gasteiger partial charge in [0, 0.05) is 6.42 Å². The lowest BCUT2D eigenvalue weighted by Crippen LogP contribution is -2.35. The summed E-state index contributed by atoms with van der Waals surface area (Å²) < 4.78 is 10.8. The number of carbonyl (C=O) groups is 1. The van der Waals surface area contributed by atoms with E-state index in [1.165, 1.54) is 7.11 Å². The minimum absolute atomic E-state index is 0.399. The Morgan fingerprint density at radius 2 is 1.90 bits per heavy atom. The zero-order valence-electron chi connectivity index (χ0n) is 13.2. The molecular weight excluding hydrogens is 270 g/mol. The lowest BCUT2D eigenvalue weighted by Gasteiger charge is -2.24. The molecule has 0 bridgehead atoms. The number of carbonyl (C=O) groups excluding carboxylic acids is 1. The molecule has 0 heterocycles. The highest BCUT2D eigenvalue weighted by molar-refractivity contribution is 6.70. The number of hydrogen-bond donors (Lipinski definition) is 1. The second-order valence-corrected chi connectivity index (χ2v) is 10.5. The number of rotatable bonds is 5. The van der Waals surface area contributed by atoms with Crippen molar-refractivity contribution in [2.45, 2.75) is 46.0 Å². The second kappa shape index (κ2) is 6.41. The van der Waals surface area contributed by atoms with E-state index in [0.29, 0.717) is 6.42 Å². The molecule has 1 atom stereocenters. The molecular formula is C15H25NO3Si. The maximum Gasteiger partial charge on any atom is 0.322 e. The molecule has 1 aromatic carbocycles. The Bertz CT molecular complexity index is 495. The van der Waals surface area contributed by atoms with Gasteiger partial charge in [-0.1, -0.05) is 6.07 Å². The zero-order valence-corrected chi connectivity index (χ0v) is 14.2. The summed E-state index contributed by atoms with van der Waals surface area (Å²) in [5.41, 5.74) is 9.12. The average Bonchev–Trinajstić information content (AvgIpc) is 2.30. The first kappa shape index (κ1) is 16.7. The number of benzene rings is 1. The summed E-state index contributed by atoms with van der Waals surface area (Å²) in [5, 5.41) is 0. The highest BCUT2D eigenvalue weighted by Gasteiger charge is 2.22. The van der Waals surface area contributed by atoms with E-state index in [1.807, 2.05) is 19.9 Å². The average molecular weight is 295 g/mol. The number of methoxy groups -OCH3 is 1. The first-order valence-corrected chi connectivity index (χ1v) is 10.2. The SMILES string of the molecule is COC(=O)C(N)Cc1c(C)cc(C)cc1O[Si](C)(C)C. The summed E-state index contributed by atoms with van der Waals surface area (Å²) in [6.45, 7) is 10.5. The van der Waals surface area contributed by atoms with Gasteiger partial charge in [0.1, 0.15) is 11.8 Å². The molecule has 1 unspecified atom stereocenters. The number of esters is 1. The molecule has 0 saturated heterocycles. The molecule has 0 saturated carbocycles. The summed E-state index contributed by atoms with van der Waals surface area (Å²) in [6, 6.07) is 3.44. The quantitative estimate of drug-likeness (QED) is 0.670. The van der Waals surface area contributed by atoms with Crippen LogP contribution < -0.4 is 10.2 Å². The number of ether oxygens (including phenoxy) is 1. The van der Waals surface area contributed by atoms with Gasteiger partial charge in [-0.3, -0.25) is 4.79 Å². The van der Waals surface area contributed by atoms with Crippen molar-refractivity contribution in [1.82, 2.24) is 0 Å². The van der Waals surface area contributed by atoms with E-state index in [0.717, 1.165) is 22.4 Å². The fourth-order valence-corrected chi connectivity index (χ4v) is 2.94.